The molecule has 0 spiro atoms. The van der Waals surface area contributed by atoms with Gasteiger partial charge in [0, 0.05) is 34.3 Å². The number of aromatic amines is 1. The average Bonchev–Trinajstić information content (AvgIpc) is 3.56. The lowest BCUT2D eigenvalue weighted by atomic mass is 10.1. The van der Waals surface area contributed by atoms with E-state index in [-0.39, 0.29) is 40.0 Å². The maximum atomic E-state index is 13.5. The van der Waals surface area contributed by atoms with Crippen molar-refractivity contribution in [1.82, 2.24) is 14.8 Å². The van der Waals surface area contributed by atoms with E-state index in [1.807, 2.05) is 33.8 Å². The van der Waals surface area contributed by atoms with Crippen molar-refractivity contribution in [1.29, 1.82) is 0 Å². The van der Waals surface area contributed by atoms with Crippen LogP contribution in [0.2, 0.25) is 0 Å². The summed E-state index contributed by atoms with van der Waals surface area (Å²) in [5.74, 6) is 0.826. The zero-order valence-electron chi connectivity index (χ0n) is 24.3. The van der Waals surface area contributed by atoms with Gasteiger partial charge in [-0.2, -0.15) is 5.10 Å². The molecular weight excluding hydrogens is 579 g/mol. The summed E-state index contributed by atoms with van der Waals surface area (Å²) in [6.07, 6.45) is 12.7. The molecule has 224 valence electrons. The number of nitrogens with zero attached hydrogens (tertiary/aromatic N) is 3. The Morgan fingerprint density at radius 1 is 1.36 bits per heavy atom. The lowest BCUT2D eigenvalue weighted by molar-refractivity contribution is -0.00504. The SMILES string of the molecule is C=CC=C/C(=C\C(C)Cl)OC(/C=C(/CC)C(C)n1ncc(C(=O)c2cc3cc(OF)c(NSC)cc3[nH]2)c1N)=NCC. The molecule has 2 aromatic heterocycles. The first kappa shape index (κ1) is 32.6. The fourth-order valence-corrected chi connectivity index (χ4v) is 4.77. The van der Waals surface area contributed by atoms with Gasteiger partial charge >= 0.3 is 0 Å². The standard InChI is InChI=1S/C30H36ClFN6O3S/c1-7-10-11-22(12-18(4)31)40-28(34-9-3)15-20(8-2)19(5)38-30(33)23(17-35-38)29(39)26-13-21-14-27(41-32)25(37-42-6)16-24(21)36-26/h7,10-19,36-37H,1,8-9,33H2,2-6H3/b11-10?,20-15-,22-12+,34-28?. The molecule has 0 fully saturated rings. The zero-order chi connectivity index (χ0) is 30.8. The van der Waals surface area contributed by atoms with E-state index in [4.69, 9.17) is 22.1 Å². The molecular formula is C30H36ClFN6O3S. The first-order valence-electron chi connectivity index (χ1n) is 13.4. The van der Waals surface area contributed by atoms with Gasteiger partial charge in [0.25, 0.3) is 0 Å². The normalized spacial score (nSPS) is 14.3. The number of allylic oxidation sites excluding steroid dienone is 5. The summed E-state index contributed by atoms with van der Waals surface area (Å²) in [7, 11) is 0. The largest absolute Gasteiger partial charge is 0.440 e. The van der Waals surface area contributed by atoms with Crippen LogP contribution in [0.25, 0.3) is 10.9 Å². The second-order valence-electron chi connectivity index (χ2n) is 9.22. The van der Waals surface area contributed by atoms with Crippen LogP contribution in [-0.2, 0) is 4.74 Å². The van der Waals surface area contributed by atoms with Gasteiger partial charge in [-0.25, -0.2) is 4.68 Å². The Bertz CT molecular complexity index is 1540. The molecule has 0 radical (unpaired) electrons. The monoisotopic (exact) mass is 614 g/mol. The molecule has 3 rings (SSSR count). The molecule has 1 aromatic carbocycles. The fraction of sp³-hybridized carbons (Fsp3) is 0.300. The lowest BCUT2D eigenvalue weighted by Crippen LogP contribution is -2.15. The summed E-state index contributed by atoms with van der Waals surface area (Å²) in [6, 6.07) is 4.49. The zero-order valence-corrected chi connectivity index (χ0v) is 25.9. The van der Waals surface area contributed by atoms with Crippen LogP contribution in [0.4, 0.5) is 16.0 Å². The van der Waals surface area contributed by atoms with Gasteiger partial charge in [0.2, 0.25) is 11.7 Å². The van der Waals surface area contributed by atoms with Crippen LogP contribution in [0.1, 0.15) is 56.2 Å². The van der Waals surface area contributed by atoms with Crippen LogP contribution < -0.4 is 15.4 Å². The highest BCUT2D eigenvalue weighted by atomic mass is 35.5. The maximum absolute atomic E-state index is 13.5. The van der Waals surface area contributed by atoms with E-state index in [1.54, 1.807) is 47.4 Å². The van der Waals surface area contributed by atoms with Crippen molar-refractivity contribution in [3.05, 3.63) is 83.9 Å². The molecule has 42 heavy (non-hydrogen) atoms. The van der Waals surface area contributed by atoms with Gasteiger partial charge in [0.05, 0.1) is 34.6 Å². The Morgan fingerprint density at radius 3 is 2.74 bits per heavy atom. The van der Waals surface area contributed by atoms with Gasteiger partial charge in [-0.3, -0.25) is 14.7 Å². The topological polar surface area (TPSA) is 120 Å². The Kier molecular flexibility index (Phi) is 11.9. The number of rotatable bonds is 14. The Balaban J connectivity index is 1.92. The van der Waals surface area contributed by atoms with Crippen LogP contribution >= 0.6 is 23.5 Å². The smallest absolute Gasteiger partial charge is 0.214 e. The van der Waals surface area contributed by atoms with E-state index in [0.717, 1.165) is 5.57 Å². The Labute approximate surface area is 254 Å². The quantitative estimate of drug-likeness (QED) is 0.0323. The predicted octanol–water partition coefficient (Wildman–Crippen LogP) is 7.72. The van der Waals surface area contributed by atoms with E-state index in [9.17, 15) is 9.32 Å². The number of nitrogens with two attached hydrogens (primary N) is 1. The number of carbonyl (C=O) groups is 1. The van der Waals surface area contributed by atoms with Gasteiger partial charge in [-0.1, -0.05) is 37.6 Å². The number of aliphatic imine (C=N–C) groups is 1. The molecule has 3 aromatic rings. The first-order valence-corrected chi connectivity index (χ1v) is 15.0. The minimum atomic E-state index is -0.346. The second kappa shape index (κ2) is 15.3. The number of nitrogen functional groups attached to an aromatic ring is 1. The first-order chi connectivity index (χ1) is 20.2. The molecule has 0 aliphatic heterocycles. The molecule has 0 bridgehead atoms. The van der Waals surface area contributed by atoms with Crippen molar-refractivity contribution < 1.29 is 19.0 Å². The number of alkyl halides is 1. The molecule has 12 heteroatoms. The number of ketones is 1. The third-order valence-corrected chi connectivity index (χ3v) is 6.84. The van der Waals surface area contributed by atoms with Crippen molar-refractivity contribution in [3.8, 4) is 5.75 Å². The van der Waals surface area contributed by atoms with Crippen LogP contribution in [0.5, 0.6) is 5.75 Å². The number of halogens is 2. The van der Waals surface area contributed by atoms with Crippen molar-refractivity contribution in [2.75, 3.05) is 23.3 Å². The van der Waals surface area contributed by atoms with E-state index < -0.39 is 0 Å². The fourth-order valence-electron chi connectivity index (χ4n) is 4.27. The minimum absolute atomic E-state index is 0.0151. The maximum Gasteiger partial charge on any atom is 0.214 e. The number of H-pyrrole nitrogens is 1. The average molecular weight is 615 g/mol. The molecule has 2 heterocycles. The van der Waals surface area contributed by atoms with Gasteiger partial charge in [0.15, 0.2) is 5.75 Å². The Morgan fingerprint density at radius 2 is 2.12 bits per heavy atom. The molecule has 2 unspecified atom stereocenters. The van der Waals surface area contributed by atoms with E-state index in [2.05, 4.69) is 31.3 Å². The molecule has 2 atom stereocenters. The number of carbonyl (C=O) groups excluding carboxylic acids is 1. The van der Waals surface area contributed by atoms with Crippen LogP contribution in [0, 0.1) is 0 Å². The van der Waals surface area contributed by atoms with E-state index in [1.165, 1.54) is 24.2 Å². The molecule has 0 aliphatic rings. The number of ether oxygens (including phenoxy) is 1. The third-order valence-electron chi connectivity index (χ3n) is 6.29. The summed E-state index contributed by atoms with van der Waals surface area (Å²) in [5, 5.41) is 4.80. The summed E-state index contributed by atoms with van der Waals surface area (Å²) < 4.78 is 23.7. The predicted molar refractivity (Wildman–Crippen MR) is 172 cm³/mol. The Hall–Kier alpha value is -3.96. The molecule has 0 amide bonds. The number of anilines is 2. The highest BCUT2D eigenvalue weighted by molar-refractivity contribution is 7.99. The molecule has 0 saturated carbocycles. The summed E-state index contributed by atoms with van der Waals surface area (Å²) in [5.41, 5.74) is 8.99. The van der Waals surface area contributed by atoms with Crippen LogP contribution in [-0.4, -0.2) is 44.6 Å². The highest BCUT2D eigenvalue weighted by Gasteiger charge is 2.23. The number of hydrogen-bond acceptors (Lipinski definition) is 8. The van der Waals surface area contributed by atoms with Crippen molar-refractivity contribution in [2.45, 2.75) is 45.5 Å². The molecule has 9 nitrogen and oxygen atoms in total. The number of nitrogens with one attached hydrogen (secondary N) is 2. The number of hydrogen-bond donors (Lipinski definition) is 3. The van der Waals surface area contributed by atoms with Crippen LogP contribution in [0.3, 0.4) is 0 Å². The summed E-state index contributed by atoms with van der Waals surface area (Å²) in [6.45, 7) is 11.9. The van der Waals surface area contributed by atoms with Crippen LogP contribution in [0.15, 0.2) is 77.7 Å². The van der Waals surface area contributed by atoms with Crippen molar-refractivity contribution >= 4 is 57.6 Å². The minimum Gasteiger partial charge on any atom is -0.440 e. The van der Waals surface area contributed by atoms with E-state index >= 15 is 0 Å². The number of aromatic nitrogens is 3. The van der Waals surface area contributed by atoms with Gasteiger partial charge in [0.1, 0.15) is 11.6 Å². The van der Waals surface area contributed by atoms with Crippen molar-refractivity contribution in [2.24, 2.45) is 4.99 Å². The number of benzene rings is 1. The third kappa shape index (κ3) is 7.86. The molecule has 0 aliphatic carbocycles. The lowest BCUT2D eigenvalue weighted by Gasteiger charge is -2.18. The highest BCUT2D eigenvalue weighted by Crippen LogP contribution is 2.33. The van der Waals surface area contributed by atoms with Gasteiger partial charge in [-0.05, 0) is 63.1 Å². The van der Waals surface area contributed by atoms with Gasteiger partial charge in [-0.15, -0.1) is 11.6 Å². The number of fused-ring (bicyclic) bond motifs is 1. The summed E-state index contributed by atoms with van der Waals surface area (Å²) in [4.78, 5) is 25.1. The molecule has 0 saturated heterocycles. The second-order valence-corrected chi connectivity index (χ2v) is 10.5. The van der Waals surface area contributed by atoms with Crippen molar-refractivity contribution in [3.63, 3.8) is 0 Å². The van der Waals surface area contributed by atoms with E-state index in [0.29, 0.717) is 41.2 Å². The van der Waals surface area contributed by atoms with Gasteiger partial charge < -0.3 is 20.2 Å². The summed E-state index contributed by atoms with van der Waals surface area (Å²) >= 11 is 7.46. The molecule has 4 N–H and O–H groups in total.